The number of phosphoric acid groups is 1. The zero-order valence-electron chi connectivity index (χ0n) is 15.6. The van der Waals surface area contributed by atoms with E-state index in [9.17, 15) is 9.46 Å². The first-order chi connectivity index (χ1) is 13.0. The van der Waals surface area contributed by atoms with E-state index in [0.717, 1.165) is 25.7 Å². The molecule has 1 aromatic rings. The van der Waals surface area contributed by atoms with Crippen molar-refractivity contribution in [2.24, 2.45) is 5.41 Å². The fourth-order valence-corrected chi connectivity index (χ4v) is 4.79. The first-order valence-electron chi connectivity index (χ1n) is 9.43. The molecule has 1 aliphatic carbocycles. The van der Waals surface area contributed by atoms with Gasteiger partial charge in [0.05, 0.1) is 32.0 Å². The lowest BCUT2D eigenvalue weighted by atomic mass is 9.82. The molecule has 1 aromatic heterocycles. The zero-order chi connectivity index (χ0) is 19.2. The number of pyridine rings is 1. The van der Waals surface area contributed by atoms with Crippen molar-refractivity contribution in [3.8, 4) is 0 Å². The Bertz CT molecular complexity index is 657. The third-order valence-electron chi connectivity index (χ3n) is 5.25. The van der Waals surface area contributed by atoms with E-state index in [4.69, 9.17) is 18.5 Å². The van der Waals surface area contributed by atoms with Crippen molar-refractivity contribution < 1.29 is 32.5 Å². The Morgan fingerprint density at radius 3 is 2.93 bits per heavy atom. The van der Waals surface area contributed by atoms with Crippen LogP contribution in [0.15, 0.2) is 43.2 Å². The Morgan fingerprint density at radius 2 is 2.15 bits per heavy atom. The molecule has 0 radical (unpaired) electrons. The van der Waals surface area contributed by atoms with Crippen molar-refractivity contribution in [3.63, 3.8) is 0 Å². The number of hydrogen-bond acceptors (Lipinski definition) is 5. The molecule has 2 heterocycles. The van der Waals surface area contributed by atoms with Gasteiger partial charge in [-0.1, -0.05) is 18.6 Å². The molecule has 1 unspecified atom stereocenters. The lowest BCUT2D eigenvalue weighted by Crippen LogP contribution is -2.34. The fourth-order valence-electron chi connectivity index (χ4n) is 3.98. The summed E-state index contributed by atoms with van der Waals surface area (Å²) in [6.07, 6.45) is 9.18. The second-order valence-electron chi connectivity index (χ2n) is 7.22. The SMILES string of the molecule is C=CCOC[C@H]1C[C@]2(COP(=O)(O)OCC[n+]3ccccc3)CCC[C@@H]2O1. The van der Waals surface area contributed by atoms with Gasteiger partial charge in [-0.25, -0.2) is 9.13 Å². The summed E-state index contributed by atoms with van der Waals surface area (Å²) in [6, 6.07) is 5.70. The van der Waals surface area contributed by atoms with Gasteiger partial charge in [0.1, 0.15) is 6.61 Å². The molecule has 4 atom stereocenters. The van der Waals surface area contributed by atoms with Crippen LogP contribution in [0.4, 0.5) is 0 Å². The van der Waals surface area contributed by atoms with Gasteiger partial charge >= 0.3 is 7.82 Å². The maximum atomic E-state index is 12.3. The maximum absolute atomic E-state index is 12.3. The van der Waals surface area contributed by atoms with Crippen molar-refractivity contribution >= 4 is 7.82 Å². The van der Waals surface area contributed by atoms with Crippen LogP contribution in [0.2, 0.25) is 0 Å². The summed E-state index contributed by atoms with van der Waals surface area (Å²) >= 11 is 0. The van der Waals surface area contributed by atoms with Crippen LogP contribution in [0.1, 0.15) is 25.7 Å². The molecule has 0 bridgehead atoms. The molecule has 0 amide bonds. The van der Waals surface area contributed by atoms with Crippen molar-refractivity contribution in [3.05, 3.63) is 43.2 Å². The molecule has 3 rings (SSSR count). The van der Waals surface area contributed by atoms with E-state index in [1.807, 2.05) is 35.2 Å². The smallest absolute Gasteiger partial charge is 0.375 e. The summed E-state index contributed by atoms with van der Waals surface area (Å²) in [5.41, 5.74) is -0.224. The summed E-state index contributed by atoms with van der Waals surface area (Å²) in [7, 11) is -4.10. The molecule has 150 valence electrons. The average molecular weight is 398 g/mol. The van der Waals surface area contributed by atoms with E-state index in [2.05, 4.69) is 6.58 Å². The highest BCUT2D eigenvalue weighted by molar-refractivity contribution is 7.47. The van der Waals surface area contributed by atoms with E-state index in [0.29, 0.717) is 19.8 Å². The van der Waals surface area contributed by atoms with Gasteiger partial charge in [0.2, 0.25) is 0 Å². The van der Waals surface area contributed by atoms with Crippen molar-refractivity contribution in [1.82, 2.24) is 0 Å². The Morgan fingerprint density at radius 1 is 1.33 bits per heavy atom. The largest absolute Gasteiger partial charge is 0.472 e. The Labute approximate surface area is 160 Å². The molecule has 1 aliphatic heterocycles. The van der Waals surface area contributed by atoms with E-state index in [1.54, 1.807) is 6.08 Å². The second kappa shape index (κ2) is 9.41. The summed E-state index contributed by atoms with van der Waals surface area (Å²) in [5, 5.41) is 0. The fraction of sp³-hybridized carbons (Fsp3) is 0.632. The molecule has 0 aromatic carbocycles. The minimum atomic E-state index is -4.10. The molecular formula is C19H29NO6P+. The van der Waals surface area contributed by atoms with Crippen LogP contribution < -0.4 is 4.57 Å². The Hall–Kier alpha value is -1.08. The molecule has 1 N–H and O–H groups in total. The molecular weight excluding hydrogens is 369 g/mol. The van der Waals surface area contributed by atoms with Crippen LogP contribution >= 0.6 is 7.82 Å². The molecule has 8 heteroatoms. The number of fused-ring (bicyclic) bond motifs is 1. The van der Waals surface area contributed by atoms with Gasteiger partial charge in [0.15, 0.2) is 18.9 Å². The van der Waals surface area contributed by atoms with Gasteiger partial charge in [-0.05, 0) is 19.3 Å². The maximum Gasteiger partial charge on any atom is 0.472 e. The average Bonchev–Trinajstić information content (AvgIpc) is 3.18. The van der Waals surface area contributed by atoms with E-state index in [-0.39, 0.29) is 30.8 Å². The molecule has 1 saturated carbocycles. The first kappa shape index (κ1) is 20.6. The normalized spacial score (nSPS) is 29.4. The monoisotopic (exact) mass is 398 g/mol. The minimum Gasteiger partial charge on any atom is -0.375 e. The van der Waals surface area contributed by atoms with Gasteiger partial charge in [-0.15, -0.1) is 6.58 Å². The molecule has 27 heavy (non-hydrogen) atoms. The highest BCUT2D eigenvalue weighted by atomic mass is 31.2. The van der Waals surface area contributed by atoms with Crippen LogP contribution in [0, 0.1) is 5.41 Å². The molecule has 7 nitrogen and oxygen atoms in total. The number of rotatable bonds is 11. The van der Waals surface area contributed by atoms with Crippen molar-refractivity contribution in [2.75, 3.05) is 26.4 Å². The number of phosphoric ester groups is 1. The molecule has 0 spiro atoms. The standard InChI is InChI=1S/C19H28NO6P/c1-2-12-23-15-17-14-19(8-6-7-18(19)26-17)16-25-27(21,22)24-13-11-20-9-4-3-5-10-20/h2-5,9-10,17-18H,1,6-8,11-16H2/p+1/t17-,18+,19+/m1/s1. The van der Waals surface area contributed by atoms with E-state index >= 15 is 0 Å². The van der Waals surface area contributed by atoms with Gasteiger partial charge in [-0.3, -0.25) is 9.05 Å². The number of nitrogens with zero attached hydrogens (tertiary/aromatic N) is 1. The summed E-state index contributed by atoms with van der Waals surface area (Å²) in [4.78, 5) is 10.0. The summed E-state index contributed by atoms with van der Waals surface area (Å²) in [6.45, 7) is 5.39. The van der Waals surface area contributed by atoms with Crippen LogP contribution in [-0.4, -0.2) is 43.5 Å². The third kappa shape index (κ3) is 5.70. The van der Waals surface area contributed by atoms with Gasteiger partial charge in [0, 0.05) is 17.5 Å². The van der Waals surface area contributed by atoms with Gasteiger partial charge in [-0.2, -0.15) is 0 Å². The van der Waals surface area contributed by atoms with Crippen LogP contribution in [0.5, 0.6) is 0 Å². The third-order valence-corrected chi connectivity index (χ3v) is 6.21. The number of hydrogen-bond donors (Lipinski definition) is 1. The topological polar surface area (TPSA) is 78.1 Å². The van der Waals surface area contributed by atoms with Crippen LogP contribution in [0.25, 0.3) is 0 Å². The van der Waals surface area contributed by atoms with Crippen molar-refractivity contribution in [2.45, 2.75) is 44.4 Å². The number of ether oxygens (including phenoxy) is 2. The predicted octanol–water partition coefficient (Wildman–Crippen LogP) is 2.64. The quantitative estimate of drug-likeness (QED) is 0.267. The van der Waals surface area contributed by atoms with Crippen molar-refractivity contribution in [1.29, 1.82) is 0 Å². The van der Waals surface area contributed by atoms with Gasteiger partial charge in [0.25, 0.3) is 0 Å². The Balaban J connectivity index is 1.46. The number of aromatic nitrogens is 1. The van der Waals surface area contributed by atoms with Crippen LogP contribution in [0.3, 0.4) is 0 Å². The van der Waals surface area contributed by atoms with Crippen LogP contribution in [-0.2, 0) is 29.6 Å². The summed E-state index contributed by atoms with van der Waals surface area (Å²) < 4.78 is 36.2. The highest BCUT2D eigenvalue weighted by Gasteiger charge is 2.52. The lowest BCUT2D eigenvalue weighted by molar-refractivity contribution is -0.697. The minimum absolute atomic E-state index is 0.00710. The van der Waals surface area contributed by atoms with E-state index < -0.39 is 7.82 Å². The second-order valence-corrected chi connectivity index (χ2v) is 8.67. The zero-order valence-corrected chi connectivity index (χ0v) is 16.5. The first-order valence-corrected chi connectivity index (χ1v) is 10.9. The molecule has 2 aliphatic rings. The molecule has 1 saturated heterocycles. The Kier molecular flexibility index (Phi) is 7.20. The van der Waals surface area contributed by atoms with Gasteiger partial charge < -0.3 is 14.4 Å². The molecule has 2 fully saturated rings. The highest BCUT2D eigenvalue weighted by Crippen LogP contribution is 2.53. The lowest BCUT2D eigenvalue weighted by Gasteiger charge is -2.27. The summed E-state index contributed by atoms with van der Waals surface area (Å²) in [5.74, 6) is 0. The predicted molar refractivity (Wildman–Crippen MR) is 98.9 cm³/mol. The van der Waals surface area contributed by atoms with E-state index in [1.165, 1.54) is 0 Å².